The van der Waals surface area contributed by atoms with Gasteiger partial charge in [-0.3, -0.25) is 14.6 Å². The van der Waals surface area contributed by atoms with Gasteiger partial charge in [-0.15, -0.1) is 24.8 Å². The number of rotatable bonds is 7. The minimum Gasteiger partial charge on any atom is -0.340 e. The molecule has 0 N–H and O–H groups in total. The van der Waals surface area contributed by atoms with Crippen molar-refractivity contribution in [1.29, 1.82) is 0 Å². The highest BCUT2D eigenvalue weighted by molar-refractivity contribution is 6.30. The SMILES string of the molecule is CCCN1CCN(C(=O)C2CCCN(Cc3cc4ccccc4n3Cc3ccc(Cl)cc3)C2)CC1.Cl.Cl. The lowest BCUT2D eigenvalue weighted by molar-refractivity contribution is -0.139. The maximum atomic E-state index is 13.4. The highest BCUT2D eigenvalue weighted by Crippen LogP contribution is 2.26. The van der Waals surface area contributed by atoms with Crippen LogP contribution >= 0.6 is 36.4 Å². The second-order valence-electron chi connectivity index (χ2n) is 10.1. The minimum atomic E-state index is 0. The van der Waals surface area contributed by atoms with Crippen LogP contribution in [-0.4, -0.2) is 71.0 Å². The summed E-state index contributed by atoms with van der Waals surface area (Å²) in [5.41, 5.74) is 3.81. The van der Waals surface area contributed by atoms with Crippen LogP contribution in [0.4, 0.5) is 0 Å². The summed E-state index contributed by atoms with van der Waals surface area (Å²) < 4.78 is 2.43. The largest absolute Gasteiger partial charge is 0.340 e. The predicted molar refractivity (Wildman–Crippen MR) is 158 cm³/mol. The Morgan fingerprint density at radius 2 is 1.65 bits per heavy atom. The van der Waals surface area contributed by atoms with Crippen LogP contribution in [0.15, 0.2) is 54.6 Å². The van der Waals surface area contributed by atoms with E-state index < -0.39 is 0 Å². The Morgan fingerprint density at radius 1 is 0.919 bits per heavy atom. The van der Waals surface area contributed by atoms with Crippen molar-refractivity contribution in [3.8, 4) is 0 Å². The van der Waals surface area contributed by atoms with Gasteiger partial charge in [-0.25, -0.2) is 0 Å². The third kappa shape index (κ3) is 7.21. The zero-order valence-electron chi connectivity index (χ0n) is 21.7. The van der Waals surface area contributed by atoms with Gasteiger partial charge in [0.25, 0.3) is 0 Å². The maximum Gasteiger partial charge on any atom is 0.227 e. The first-order valence-electron chi connectivity index (χ1n) is 13.2. The Bertz CT molecular complexity index is 1140. The van der Waals surface area contributed by atoms with Gasteiger partial charge in [0.1, 0.15) is 0 Å². The zero-order chi connectivity index (χ0) is 24.2. The topological polar surface area (TPSA) is 31.7 Å². The molecule has 37 heavy (non-hydrogen) atoms. The molecule has 2 aliphatic rings. The fourth-order valence-corrected chi connectivity index (χ4v) is 5.88. The van der Waals surface area contributed by atoms with Crippen LogP contribution in [0.25, 0.3) is 10.9 Å². The fourth-order valence-electron chi connectivity index (χ4n) is 5.75. The molecule has 2 saturated heterocycles. The number of fused-ring (bicyclic) bond motifs is 1. The first kappa shape index (κ1) is 29.8. The number of hydrogen-bond donors (Lipinski definition) is 0. The lowest BCUT2D eigenvalue weighted by Gasteiger charge is -2.39. The molecule has 0 aliphatic carbocycles. The van der Waals surface area contributed by atoms with E-state index in [4.69, 9.17) is 11.6 Å². The molecule has 1 atom stereocenters. The molecule has 0 radical (unpaired) electrons. The average molecular weight is 566 g/mol. The molecule has 5 nitrogen and oxygen atoms in total. The summed E-state index contributed by atoms with van der Waals surface area (Å²) in [5.74, 6) is 0.489. The van der Waals surface area contributed by atoms with Gasteiger partial charge in [-0.05, 0) is 67.6 Å². The summed E-state index contributed by atoms with van der Waals surface area (Å²) in [6, 6.07) is 19.1. The van der Waals surface area contributed by atoms with E-state index in [0.29, 0.717) is 5.91 Å². The summed E-state index contributed by atoms with van der Waals surface area (Å²) in [7, 11) is 0. The molecule has 2 aliphatic heterocycles. The van der Waals surface area contributed by atoms with Crippen molar-refractivity contribution in [2.45, 2.75) is 39.3 Å². The molecular weight excluding hydrogens is 527 g/mol. The average Bonchev–Trinajstić information content (AvgIpc) is 3.22. The number of nitrogens with zero attached hydrogens (tertiary/aromatic N) is 4. The number of piperidine rings is 1. The van der Waals surface area contributed by atoms with Gasteiger partial charge in [0.05, 0.1) is 5.92 Å². The molecule has 2 aromatic carbocycles. The zero-order valence-corrected chi connectivity index (χ0v) is 24.0. The van der Waals surface area contributed by atoms with Crippen LogP contribution in [-0.2, 0) is 17.9 Å². The number of carbonyl (C=O) groups excluding carboxylic acids is 1. The van der Waals surface area contributed by atoms with Gasteiger partial charge in [0, 0.05) is 62.0 Å². The Labute approximate surface area is 238 Å². The number of para-hydroxylation sites is 1. The van der Waals surface area contributed by atoms with E-state index in [1.807, 2.05) is 12.1 Å². The quantitative estimate of drug-likeness (QED) is 0.355. The Morgan fingerprint density at radius 3 is 2.38 bits per heavy atom. The molecule has 3 heterocycles. The van der Waals surface area contributed by atoms with Crippen molar-refractivity contribution in [2.75, 3.05) is 45.8 Å². The normalized spacial score (nSPS) is 18.9. The highest BCUT2D eigenvalue weighted by Gasteiger charge is 2.31. The molecule has 0 bridgehead atoms. The number of piperazine rings is 1. The van der Waals surface area contributed by atoms with Crippen LogP contribution in [0.5, 0.6) is 0 Å². The Kier molecular flexibility index (Phi) is 11.2. The van der Waals surface area contributed by atoms with Gasteiger partial charge in [0.15, 0.2) is 0 Å². The Balaban J connectivity index is 0.00000190. The molecule has 0 spiro atoms. The molecule has 1 amide bonds. The van der Waals surface area contributed by atoms with Gasteiger partial charge < -0.3 is 9.47 Å². The number of carbonyl (C=O) groups is 1. The molecule has 1 aromatic heterocycles. The maximum absolute atomic E-state index is 13.4. The minimum absolute atomic E-state index is 0. The standard InChI is InChI=1S/C29H37ClN4O.2ClH/c1-2-13-31-15-17-33(18-16-31)29(35)25-7-5-14-32(21-25)22-27-19-24-6-3-4-8-28(24)34(27)20-23-9-11-26(30)12-10-23;;/h3-4,6,8-12,19,25H,2,5,7,13-18,20-22H2,1H3;2*1H. The number of amides is 1. The molecule has 3 aromatic rings. The molecule has 2 fully saturated rings. The lowest BCUT2D eigenvalue weighted by Crippen LogP contribution is -2.52. The molecule has 202 valence electrons. The molecule has 0 saturated carbocycles. The number of likely N-dealkylation sites (tertiary alicyclic amines) is 1. The van der Waals surface area contributed by atoms with E-state index >= 15 is 0 Å². The van der Waals surface area contributed by atoms with Gasteiger partial charge in [-0.2, -0.15) is 0 Å². The number of benzene rings is 2. The number of hydrogen-bond acceptors (Lipinski definition) is 3. The predicted octanol–water partition coefficient (Wildman–Crippen LogP) is 5.95. The van der Waals surface area contributed by atoms with E-state index in [1.165, 1.54) is 28.6 Å². The van der Waals surface area contributed by atoms with Gasteiger partial charge in [-0.1, -0.05) is 48.9 Å². The summed E-state index contributed by atoms with van der Waals surface area (Å²) in [5, 5.41) is 2.04. The van der Waals surface area contributed by atoms with Crippen molar-refractivity contribution in [3.63, 3.8) is 0 Å². The van der Waals surface area contributed by atoms with E-state index in [0.717, 1.165) is 76.8 Å². The van der Waals surface area contributed by atoms with E-state index in [-0.39, 0.29) is 30.7 Å². The van der Waals surface area contributed by atoms with Crippen LogP contribution in [0.2, 0.25) is 5.02 Å². The van der Waals surface area contributed by atoms with Gasteiger partial charge in [0.2, 0.25) is 5.91 Å². The summed E-state index contributed by atoms with van der Waals surface area (Å²) >= 11 is 6.12. The first-order valence-corrected chi connectivity index (χ1v) is 13.5. The second kappa shape index (κ2) is 13.9. The Hall–Kier alpha value is -1.76. The smallest absolute Gasteiger partial charge is 0.227 e. The first-order chi connectivity index (χ1) is 17.1. The van der Waals surface area contributed by atoms with Gasteiger partial charge >= 0.3 is 0 Å². The third-order valence-corrected chi connectivity index (χ3v) is 7.87. The number of halogens is 3. The monoisotopic (exact) mass is 564 g/mol. The third-order valence-electron chi connectivity index (χ3n) is 7.61. The second-order valence-corrected chi connectivity index (χ2v) is 10.6. The van der Waals surface area contributed by atoms with Crippen LogP contribution in [0.1, 0.15) is 37.4 Å². The molecular formula is C29H39Cl3N4O. The van der Waals surface area contributed by atoms with Crippen molar-refractivity contribution in [3.05, 3.63) is 70.9 Å². The summed E-state index contributed by atoms with van der Waals surface area (Å²) in [6.45, 7) is 10.8. The van der Waals surface area contributed by atoms with Crippen molar-refractivity contribution < 1.29 is 4.79 Å². The summed E-state index contributed by atoms with van der Waals surface area (Å²) in [4.78, 5) is 20.5. The highest BCUT2D eigenvalue weighted by atomic mass is 35.5. The molecule has 1 unspecified atom stereocenters. The van der Waals surface area contributed by atoms with E-state index in [9.17, 15) is 4.79 Å². The fraction of sp³-hybridized carbons (Fsp3) is 0.483. The van der Waals surface area contributed by atoms with Crippen molar-refractivity contribution in [1.82, 2.24) is 19.3 Å². The molecule has 8 heteroatoms. The van der Waals surface area contributed by atoms with Crippen molar-refractivity contribution in [2.24, 2.45) is 5.92 Å². The van der Waals surface area contributed by atoms with Crippen molar-refractivity contribution >= 4 is 53.2 Å². The molecule has 5 rings (SSSR count). The summed E-state index contributed by atoms with van der Waals surface area (Å²) in [6.07, 6.45) is 3.28. The van der Waals surface area contributed by atoms with Crippen LogP contribution < -0.4 is 0 Å². The van der Waals surface area contributed by atoms with Crippen LogP contribution in [0, 0.1) is 5.92 Å². The lowest BCUT2D eigenvalue weighted by atomic mass is 9.96. The van der Waals surface area contributed by atoms with Crippen LogP contribution in [0.3, 0.4) is 0 Å². The number of aromatic nitrogens is 1. The van der Waals surface area contributed by atoms with E-state index in [1.54, 1.807) is 0 Å². The van der Waals surface area contributed by atoms with E-state index in [2.05, 4.69) is 68.7 Å².